The van der Waals surface area contributed by atoms with Crippen molar-refractivity contribution in [3.63, 3.8) is 0 Å². The average Bonchev–Trinajstić information content (AvgIpc) is 2.39. The maximum atomic E-state index is 12.0. The van der Waals surface area contributed by atoms with Gasteiger partial charge in [0.2, 0.25) is 0 Å². The maximum Gasteiger partial charge on any atom is 0.122 e. The molecule has 0 fully saturated rings. The van der Waals surface area contributed by atoms with Crippen LogP contribution >= 0.6 is 0 Å². The summed E-state index contributed by atoms with van der Waals surface area (Å²) in [5, 5.41) is 0. The van der Waals surface area contributed by atoms with E-state index < -0.39 is 11.0 Å². The van der Waals surface area contributed by atoms with E-state index in [4.69, 9.17) is 0 Å². The topological polar surface area (TPSA) is 29.1 Å². The molecule has 1 atom stereocenters. The van der Waals surface area contributed by atoms with Gasteiger partial charge in [-0.1, -0.05) is 42.5 Å². The molecule has 0 amide bonds. The molecule has 0 aliphatic heterocycles. The van der Waals surface area contributed by atoms with E-state index in [0.29, 0.717) is 0 Å². The van der Waals surface area contributed by atoms with Crippen LogP contribution in [0, 0.1) is 0 Å². The van der Waals surface area contributed by atoms with Crippen LogP contribution in [0.25, 0.3) is 11.1 Å². The van der Waals surface area contributed by atoms with Crippen LogP contribution in [-0.2, 0) is 11.0 Å². The van der Waals surface area contributed by atoms with Gasteiger partial charge >= 0.3 is 0 Å². The van der Waals surface area contributed by atoms with Gasteiger partial charge < -0.3 is 4.72 Å². The highest BCUT2D eigenvalue weighted by atomic mass is 32.2. The first-order valence-corrected chi connectivity index (χ1v) is 7.46. The molecule has 3 heteroatoms. The highest BCUT2D eigenvalue weighted by Gasteiger charge is 2.19. The van der Waals surface area contributed by atoms with Crippen LogP contribution in [0.3, 0.4) is 0 Å². The number of rotatable bonds is 3. The summed E-state index contributed by atoms with van der Waals surface area (Å²) in [5.41, 5.74) is 3.23. The molecule has 100 valence electrons. The Hall–Kier alpha value is -1.61. The molecular formula is C16H19NOS. The molecule has 0 aliphatic rings. The molecule has 1 N–H and O–H groups in total. The Balaban J connectivity index is 2.14. The summed E-state index contributed by atoms with van der Waals surface area (Å²) >= 11 is 0. The van der Waals surface area contributed by atoms with Crippen molar-refractivity contribution in [1.82, 2.24) is 0 Å². The molecule has 0 spiro atoms. The van der Waals surface area contributed by atoms with Crippen molar-refractivity contribution >= 4 is 16.7 Å². The molecule has 0 aliphatic carbocycles. The van der Waals surface area contributed by atoms with Gasteiger partial charge in [-0.05, 0) is 44.0 Å². The minimum Gasteiger partial charge on any atom is -0.305 e. The zero-order chi connectivity index (χ0) is 13.9. The van der Waals surface area contributed by atoms with Crippen molar-refractivity contribution in [2.75, 3.05) is 4.72 Å². The third-order valence-corrected chi connectivity index (χ3v) is 4.29. The van der Waals surface area contributed by atoms with Crippen LogP contribution in [0.15, 0.2) is 54.6 Å². The maximum absolute atomic E-state index is 12.0. The summed E-state index contributed by atoms with van der Waals surface area (Å²) in [7, 11) is -1.09. The van der Waals surface area contributed by atoms with E-state index in [1.165, 1.54) is 5.56 Å². The van der Waals surface area contributed by atoms with Crippen LogP contribution < -0.4 is 4.72 Å². The predicted molar refractivity (Wildman–Crippen MR) is 83.4 cm³/mol. The molecule has 0 heterocycles. The second kappa shape index (κ2) is 5.57. The molecule has 2 nitrogen and oxygen atoms in total. The largest absolute Gasteiger partial charge is 0.305 e. The van der Waals surface area contributed by atoms with E-state index in [-0.39, 0.29) is 4.75 Å². The first kappa shape index (κ1) is 13.8. The molecular weight excluding hydrogens is 254 g/mol. The van der Waals surface area contributed by atoms with E-state index in [1.54, 1.807) is 0 Å². The minimum absolute atomic E-state index is 0.266. The fourth-order valence-electron chi connectivity index (χ4n) is 1.62. The normalized spacial score (nSPS) is 13.0. The third-order valence-electron chi connectivity index (χ3n) is 2.76. The molecule has 0 radical (unpaired) electrons. The fourth-order valence-corrected chi connectivity index (χ4v) is 2.28. The van der Waals surface area contributed by atoms with Gasteiger partial charge in [0.1, 0.15) is 11.0 Å². The molecule has 0 saturated heterocycles. The second-order valence-corrected chi connectivity index (χ2v) is 7.39. The summed E-state index contributed by atoms with van der Waals surface area (Å²) in [6.07, 6.45) is 0. The summed E-state index contributed by atoms with van der Waals surface area (Å²) in [6.45, 7) is 5.86. The monoisotopic (exact) mass is 273 g/mol. The van der Waals surface area contributed by atoms with Gasteiger partial charge in [-0.25, -0.2) is 4.21 Å². The van der Waals surface area contributed by atoms with Crippen LogP contribution in [0.4, 0.5) is 5.69 Å². The number of benzene rings is 2. The van der Waals surface area contributed by atoms with Gasteiger partial charge in [0.15, 0.2) is 0 Å². The Bertz CT molecular complexity index is 556. The van der Waals surface area contributed by atoms with Crippen molar-refractivity contribution in [2.45, 2.75) is 25.5 Å². The van der Waals surface area contributed by atoms with Crippen molar-refractivity contribution in [1.29, 1.82) is 0 Å². The van der Waals surface area contributed by atoms with Crippen molar-refractivity contribution in [3.05, 3.63) is 54.6 Å². The lowest BCUT2D eigenvalue weighted by atomic mass is 10.1. The minimum atomic E-state index is -1.09. The lowest BCUT2D eigenvalue weighted by Gasteiger charge is -2.18. The number of hydrogen-bond acceptors (Lipinski definition) is 1. The van der Waals surface area contributed by atoms with E-state index in [2.05, 4.69) is 16.9 Å². The molecule has 19 heavy (non-hydrogen) atoms. The fraction of sp³-hybridized carbons (Fsp3) is 0.250. The first-order chi connectivity index (χ1) is 8.97. The molecule has 0 saturated carbocycles. The van der Waals surface area contributed by atoms with Gasteiger partial charge in [0.05, 0.1) is 4.75 Å². The zero-order valence-electron chi connectivity index (χ0n) is 11.5. The molecule has 2 rings (SSSR count). The smallest absolute Gasteiger partial charge is 0.122 e. The van der Waals surface area contributed by atoms with Gasteiger partial charge in [-0.15, -0.1) is 0 Å². The third kappa shape index (κ3) is 3.67. The van der Waals surface area contributed by atoms with Gasteiger partial charge in [0.25, 0.3) is 0 Å². The lowest BCUT2D eigenvalue weighted by Crippen LogP contribution is -2.27. The molecule has 1 unspecified atom stereocenters. The average molecular weight is 273 g/mol. The molecule has 0 bridgehead atoms. The summed E-state index contributed by atoms with van der Waals surface area (Å²) in [6, 6.07) is 18.2. The van der Waals surface area contributed by atoms with Crippen molar-refractivity contribution in [3.8, 4) is 11.1 Å². The van der Waals surface area contributed by atoms with Crippen LogP contribution in [0.2, 0.25) is 0 Å². The van der Waals surface area contributed by atoms with Gasteiger partial charge in [-0.3, -0.25) is 0 Å². The molecule has 2 aromatic rings. The second-order valence-electron chi connectivity index (χ2n) is 5.43. The Labute approximate surface area is 117 Å². The quantitative estimate of drug-likeness (QED) is 0.891. The van der Waals surface area contributed by atoms with Gasteiger partial charge in [0, 0.05) is 5.69 Å². The Morgan fingerprint density at radius 3 is 1.89 bits per heavy atom. The standard InChI is InChI=1S/C16H19NOS/c1-16(2,3)19(18)17-15-11-9-14(10-12-15)13-7-5-4-6-8-13/h4-12,17H,1-3H3. The summed E-state index contributed by atoms with van der Waals surface area (Å²) in [5.74, 6) is 0. The number of hydrogen-bond donors (Lipinski definition) is 1. The SMILES string of the molecule is CC(C)(C)S(=O)Nc1ccc(-c2ccccc2)cc1. The first-order valence-electron chi connectivity index (χ1n) is 6.31. The number of anilines is 1. The Morgan fingerprint density at radius 1 is 0.842 bits per heavy atom. The summed E-state index contributed by atoms with van der Waals surface area (Å²) in [4.78, 5) is 0. The highest BCUT2D eigenvalue weighted by Crippen LogP contribution is 2.22. The van der Waals surface area contributed by atoms with Crippen LogP contribution in [0.5, 0.6) is 0 Å². The highest BCUT2D eigenvalue weighted by molar-refractivity contribution is 7.87. The summed E-state index contributed by atoms with van der Waals surface area (Å²) < 4.78 is 14.8. The number of nitrogens with one attached hydrogen (secondary N) is 1. The van der Waals surface area contributed by atoms with E-state index in [1.807, 2.05) is 63.2 Å². The Kier molecular flexibility index (Phi) is 4.05. The van der Waals surface area contributed by atoms with Gasteiger partial charge in [-0.2, -0.15) is 0 Å². The van der Waals surface area contributed by atoms with E-state index >= 15 is 0 Å². The zero-order valence-corrected chi connectivity index (χ0v) is 12.3. The van der Waals surface area contributed by atoms with Crippen LogP contribution in [-0.4, -0.2) is 8.96 Å². The van der Waals surface area contributed by atoms with E-state index in [0.717, 1.165) is 11.3 Å². The van der Waals surface area contributed by atoms with Crippen molar-refractivity contribution < 1.29 is 4.21 Å². The van der Waals surface area contributed by atoms with Crippen molar-refractivity contribution in [2.24, 2.45) is 0 Å². The Morgan fingerprint density at radius 2 is 1.37 bits per heavy atom. The predicted octanol–water partition coefficient (Wildman–Crippen LogP) is 4.23. The molecule has 2 aromatic carbocycles. The molecule has 0 aromatic heterocycles. The van der Waals surface area contributed by atoms with E-state index in [9.17, 15) is 4.21 Å². The lowest BCUT2D eigenvalue weighted by molar-refractivity contribution is 0.653. The van der Waals surface area contributed by atoms with Crippen LogP contribution in [0.1, 0.15) is 20.8 Å².